The van der Waals surface area contributed by atoms with Crippen LogP contribution in [0, 0.1) is 0 Å². The van der Waals surface area contributed by atoms with E-state index in [9.17, 15) is 4.79 Å². The number of ether oxygens (including phenoxy) is 1. The van der Waals surface area contributed by atoms with E-state index >= 15 is 0 Å². The van der Waals surface area contributed by atoms with E-state index in [1.165, 1.54) is 0 Å². The van der Waals surface area contributed by atoms with Crippen LogP contribution in [0.2, 0.25) is 0 Å². The maximum Gasteiger partial charge on any atom is 0.271 e. The van der Waals surface area contributed by atoms with Crippen LogP contribution >= 0.6 is 0 Å². The second-order valence-corrected chi connectivity index (χ2v) is 6.70. The summed E-state index contributed by atoms with van der Waals surface area (Å²) in [6.45, 7) is 5.26. The van der Waals surface area contributed by atoms with Gasteiger partial charge in [0.05, 0.1) is 31.4 Å². The molecule has 1 N–H and O–H groups in total. The largest absolute Gasteiger partial charge is 0.472 e. The molecule has 4 heterocycles. The quantitative estimate of drug-likeness (QED) is 0.922. The lowest BCUT2D eigenvalue weighted by Crippen LogP contribution is -2.44. The number of carbonyl (C=O) groups excluding carboxylic acids is 1. The van der Waals surface area contributed by atoms with E-state index in [0.717, 1.165) is 69.9 Å². The molecule has 2 aromatic heterocycles. The minimum absolute atomic E-state index is 0.0323. The van der Waals surface area contributed by atoms with E-state index in [-0.39, 0.29) is 5.91 Å². The molecular weight excluding hydrogens is 320 g/mol. The highest BCUT2D eigenvalue weighted by Gasteiger charge is 2.27. The van der Waals surface area contributed by atoms with Gasteiger partial charge in [-0.05, 0) is 31.4 Å². The van der Waals surface area contributed by atoms with Crippen LogP contribution in [-0.2, 0) is 4.74 Å². The summed E-state index contributed by atoms with van der Waals surface area (Å²) in [6.07, 6.45) is 6.44. The van der Waals surface area contributed by atoms with Crippen LogP contribution in [0.3, 0.4) is 0 Å². The van der Waals surface area contributed by atoms with E-state index in [2.05, 4.69) is 15.1 Å². The molecule has 7 nitrogen and oxygen atoms in total. The summed E-state index contributed by atoms with van der Waals surface area (Å²) in [5.41, 5.74) is 2.15. The zero-order chi connectivity index (χ0) is 17.1. The zero-order valence-electron chi connectivity index (χ0n) is 14.3. The Morgan fingerprint density at radius 3 is 2.88 bits per heavy atom. The third-order valence-corrected chi connectivity index (χ3v) is 5.17. The fraction of sp³-hybridized carbons (Fsp3) is 0.556. The Labute approximate surface area is 146 Å². The highest BCUT2D eigenvalue weighted by molar-refractivity contribution is 5.93. The van der Waals surface area contributed by atoms with Gasteiger partial charge in [-0.2, -0.15) is 5.10 Å². The molecule has 0 spiro atoms. The number of nitrogens with zero attached hydrogens (tertiary/aromatic N) is 3. The summed E-state index contributed by atoms with van der Waals surface area (Å²) >= 11 is 0. The molecule has 2 fully saturated rings. The van der Waals surface area contributed by atoms with Gasteiger partial charge in [-0.1, -0.05) is 0 Å². The summed E-state index contributed by atoms with van der Waals surface area (Å²) in [5, 5.41) is 7.11. The summed E-state index contributed by atoms with van der Waals surface area (Å²) < 4.78 is 10.5. The lowest BCUT2D eigenvalue weighted by Gasteiger charge is -2.33. The Morgan fingerprint density at radius 2 is 2.08 bits per heavy atom. The summed E-state index contributed by atoms with van der Waals surface area (Å²) in [6, 6.07) is 4.20. The van der Waals surface area contributed by atoms with Gasteiger partial charge < -0.3 is 14.1 Å². The fourth-order valence-corrected chi connectivity index (χ4v) is 3.75. The number of morpholine rings is 1. The van der Waals surface area contributed by atoms with Crippen LogP contribution in [-0.4, -0.2) is 71.3 Å². The van der Waals surface area contributed by atoms with Crippen LogP contribution in [0.15, 0.2) is 29.1 Å². The number of rotatable bonds is 3. The topological polar surface area (TPSA) is 74.6 Å². The Bertz CT molecular complexity index is 691. The number of carbonyl (C=O) groups is 1. The van der Waals surface area contributed by atoms with Gasteiger partial charge in [0.1, 0.15) is 5.69 Å². The molecular formula is C18H24N4O3. The lowest BCUT2D eigenvalue weighted by molar-refractivity contribution is 0.0135. The van der Waals surface area contributed by atoms with Crippen molar-refractivity contribution in [2.45, 2.75) is 25.3 Å². The number of aromatic nitrogens is 2. The number of hydrogen-bond acceptors (Lipinski definition) is 5. The number of aromatic amines is 1. The lowest BCUT2D eigenvalue weighted by atomic mass is 10.1. The van der Waals surface area contributed by atoms with Gasteiger partial charge in [-0.3, -0.25) is 14.8 Å². The molecule has 2 saturated heterocycles. The minimum atomic E-state index is 0.0323. The zero-order valence-corrected chi connectivity index (χ0v) is 14.3. The Hall–Kier alpha value is -2.12. The molecule has 0 saturated carbocycles. The van der Waals surface area contributed by atoms with Gasteiger partial charge in [-0.15, -0.1) is 0 Å². The van der Waals surface area contributed by atoms with Crippen molar-refractivity contribution in [2.75, 3.05) is 39.4 Å². The standard InChI is InChI=1S/C18H24N4O3/c23-18(17-12-16(19-20-17)14-4-9-25-13-14)22-5-1-2-15(3-6-22)21-7-10-24-11-8-21/h4,9,12-13,15H,1-3,5-8,10-11H2,(H,19,20)/t15-/m0/s1. The predicted molar refractivity (Wildman–Crippen MR) is 92.2 cm³/mol. The molecule has 1 amide bonds. The first-order valence-corrected chi connectivity index (χ1v) is 9.00. The molecule has 4 rings (SSSR count). The molecule has 0 aromatic carbocycles. The number of furan rings is 1. The summed E-state index contributed by atoms with van der Waals surface area (Å²) in [7, 11) is 0. The van der Waals surface area contributed by atoms with E-state index < -0.39 is 0 Å². The van der Waals surface area contributed by atoms with Gasteiger partial charge in [0.2, 0.25) is 0 Å². The Morgan fingerprint density at radius 1 is 1.20 bits per heavy atom. The average Bonchev–Trinajstić information content (AvgIpc) is 3.29. The van der Waals surface area contributed by atoms with Crippen molar-refractivity contribution in [3.8, 4) is 11.3 Å². The number of amides is 1. The van der Waals surface area contributed by atoms with Crippen LogP contribution in [0.4, 0.5) is 0 Å². The van der Waals surface area contributed by atoms with Crippen molar-refractivity contribution in [2.24, 2.45) is 0 Å². The molecule has 0 unspecified atom stereocenters. The molecule has 2 aliphatic heterocycles. The van der Waals surface area contributed by atoms with E-state index in [1.54, 1.807) is 18.6 Å². The molecule has 2 aliphatic rings. The summed E-state index contributed by atoms with van der Waals surface area (Å²) in [4.78, 5) is 17.3. The highest BCUT2D eigenvalue weighted by Crippen LogP contribution is 2.21. The number of nitrogens with one attached hydrogen (secondary N) is 1. The fourth-order valence-electron chi connectivity index (χ4n) is 3.75. The van der Waals surface area contributed by atoms with Crippen LogP contribution in [0.1, 0.15) is 29.8 Å². The number of hydrogen-bond donors (Lipinski definition) is 1. The first kappa shape index (κ1) is 16.4. The van der Waals surface area contributed by atoms with Crippen molar-refractivity contribution in [3.05, 3.63) is 30.4 Å². The van der Waals surface area contributed by atoms with Crippen molar-refractivity contribution >= 4 is 5.91 Å². The average molecular weight is 344 g/mol. The molecule has 0 bridgehead atoms. The van der Waals surface area contributed by atoms with Crippen LogP contribution < -0.4 is 0 Å². The van der Waals surface area contributed by atoms with E-state index in [1.807, 2.05) is 11.0 Å². The number of H-pyrrole nitrogens is 1. The normalized spacial score (nSPS) is 22.7. The minimum Gasteiger partial charge on any atom is -0.472 e. The van der Waals surface area contributed by atoms with Crippen molar-refractivity contribution in [1.82, 2.24) is 20.0 Å². The molecule has 0 aliphatic carbocycles. The smallest absolute Gasteiger partial charge is 0.271 e. The second-order valence-electron chi connectivity index (χ2n) is 6.70. The molecule has 2 aromatic rings. The number of likely N-dealkylation sites (tertiary alicyclic amines) is 1. The molecule has 25 heavy (non-hydrogen) atoms. The Kier molecular flexibility index (Phi) is 4.85. The second kappa shape index (κ2) is 7.41. The molecule has 134 valence electrons. The third kappa shape index (κ3) is 3.62. The van der Waals surface area contributed by atoms with Gasteiger partial charge in [-0.25, -0.2) is 0 Å². The van der Waals surface area contributed by atoms with Gasteiger partial charge in [0, 0.05) is 37.8 Å². The first-order valence-electron chi connectivity index (χ1n) is 9.00. The maximum atomic E-state index is 12.8. The summed E-state index contributed by atoms with van der Waals surface area (Å²) in [5.74, 6) is 0.0323. The van der Waals surface area contributed by atoms with Crippen molar-refractivity contribution in [1.29, 1.82) is 0 Å². The Balaban J connectivity index is 1.39. The molecule has 7 heteroatoms. The van der Waals surface area contributed by atoms with Crippen LogP contribution in [0.5, 0.6) is 0 Å². The van der Waals surface area contributed by atoms with Crippen LogP contribution in [0.25, 0.3) is 11.3 Å². The SMILES string of the molecule is O=C(c1cc(-c2ccoc2)n[nH]1)N1CCC[C@H](N2CCOCC2)CC1. The first-order chi connectivity index (χ1) is 12.3. The maximum absolute atomic E-state index is 12.8. The monoisotopic (exact) mass is 344 g/mol. The predicted octanol–water partition coefficient (Wildman–Crippen LogP) is 2.00. The van der Waals surface area contributed by atoms with Gasteiger partial charge in [0.25, 0.3) is 5.91 Å². The van der Waals surface area contributed by atoms with Crippen molar-refractivity contribution in [3.63, 3.8) is 0 Å². The van der Waals surface area contributed by atoms with Gasteiger partial charge >= 0.3 is 0 Å². The molecule has 1 atom stereocenters. The van der Waals surface area contributed by atoms with Gasteiger partial charge in [0.15, 0.2) is 0 Å². The van der Waals surface area contributed by atoms with E-state index in [4.69, 9.17) is 9.15 Å². The van der Waals surface area contributed by atoms with E-state index in [0.29, 0.717) is 11.7 Å². The third-order valence-electron chi connectivity index (χ3n) is 5.17. The van der Waals surface area contributed by atoms with Crippen molar-refractivity contribution < 1.29 is 13.9 Å². The highest BCUT2D eigenvalue weighted by atomic mass is 16.5. The molecule has 0 radical (unpaired) electrons.